The maximum Gasteiger partial charge on any atom is 0.293 e. The fourth-order valence-corrected chi connectivity index (χ4v) is 3.24. The number of carbonyl (C=O) groups is 2. The van der Waals surface area contributed by atoms with Gasteiger partial charge in [-0.2, -0.15) is 0 Å². The van der Waals surface area contributed by atoms with E-state index in [-0.39, 0.29) is 17.7 Å². The summed E-state index contributed by atoms with van der Waals surface area (Å²) in [6.45, 7) is 4.31. The van der Waals surface area contributed by atoms with Gasteiger partial charge in [0.15, 0.2) is 0 Å². The Labute approximate surface area is 150 Å². The number of hydrogen-bond acceptors (Lipinski definition) is 4. The summed E-state index contributed by atoms with van der Waals surface area (Å²) in [4.78, 5) is 26.4. The van der Waals surface area contributed by atoms with Crippen LogP contribution in [0.1, 0.15) is 11.1 Å². The van der Waals surface area contributed by atoms with Gasteiger partial charge in [-0.05, 0) is 41.1 Å². The Morgan fingerprint density at radius 1 is 1.08 bits per heavy atom. The zero-order valence-electron chi connectivity index (χ0n) is 13.6. The van der Waals surface area contributed by atoms with Gasteiger partial charge < -0.3 is 4.74 Å². The molecule has 1 heterocycles. The maximum absolute atomic E-state index is 12.6. The molecule has 3 rings (SSSR count). The minimum atomic E-state index is -0.267. The smallest absolute Gasteiger partial charge is 0.293 e. The molecular weight excluding hydrogens is 334 g/mol. The first-order chi connectivity index (χ1) is 12.2. The molecular formula is C20H17NO3S. The van der Waals surface area contributed by atoms with Crippen molar-refractivity contribution in [3.63, 3.8) is 0 Å². The van der Waals surface area contributed by atoms with Crippen molar-refractivity contribution >= 4 is 29.0 Å². The molecule has 0 atom stereocenters. The molecule has 5 heteroatoms. The van der Waals surface area contributed by atoms with Gasteiger partial charge >= 0.3 is 0 Å². The molecule has 0 saturated carbocycles. The molecule has 2 aromatic carbocycles. The van der Waals surface area contributed by atoms with E-state index in [1.807, 2.05) is 54.6 Å². The average molecular weight is 351 g/mol. The first-order valence-corrected chi connectivity index (χ1v) is 8.62. The molecule has 25 heavy (non-hydrogen) atoms. The van der Waals surface area contributed by atoms with E-state index in [1.165, 1.54) is 4.90 Å². The summed E-state index contributed by atoms with van der Waals surface area (Å²) in [6.07, 6.45) is 3.39. The number of imide groups is 1. The molecule has 4 nitrogen and oxygen atoms in total. The summed E-state index contributed by atoms with van der Waals surface area (Å²) in [5, 5.41) is -0.251. The van der Waals surface area contributed by atoms with Crippen LogP contribution in [0.3, 0.4) is 0 Å². The zero-order chi connectivity index (χ0) is 17.6. The largest absolute Gasteiger partial charge is 0.490 e. The van der Waals surface area contributed by atoms with E-state index in [2.05, 4.69) is 6.58 Å². The van der Waals surface area contributed by atoms with Crippen molar-refractivity contribution in [3.8, 4) is 5.75 Å². The third-order valence-electron chi connectivity index (χ3n) is 3.58. The Morgan fingerprint density at radius 3 is 2.64 bits per heavy atom. The minimum Gasteiger partial charge on any atom is -0.490 e. The standard InChI is InChI=1S/C20H17NO3S/c1-2-11-24-17-10-6-9-16(12-17)13-18-19(22)21(20(23)25-18)14-15-7-4-3-5-8-15/h2-10,12-13H,1,11,14H2/b18-13-. The highest BCUT2D eigenvalue weighted by molar-refractivity contribution is 8.18. The molecule has 1 saturated heterocycles. The first-order valence-electron chi connectivity index (χ1n) is 7.80. The van der Waals surface area contributed by atoms with Crippen molar-refractivity contribution in [1.82, 2.24) is 4.90 Å². The Morgan fingerprint density at radius 2 is 1.88 bits per heavy atom. The molecule has 2 aromatic rings. The molecule has 1 aliphatic heterocycles. The van der Waals surface area contributed by atoms with Crippen molar-refractivity contribution in [3.05, 3.63) is 83.3 Å². The highest BCUT2D eigenvalue weighted by Crippen LogP contribution is 2.33. The molecule has 0 unspecified atom stereocenters. The minimum absolute atomic E-state index is 0.251. The number of amides is 2. The molecule has 0 aliphatic carbocycles. The third-order valence-corrected chi connectivity index (χ3v) is 4.49. The Bertz CT molecular complexity index is 830. The lowest BCUT2D eigenvalue weighted by atomic mass is 10.2. The highest BCUT2D eigenvalue weighted by atomic mass is 32.2. The van der Waals surface area contributed by atoms with Crippen LogP contribution in [-0.2, 0) is 11.3 Å². The van der Waals surface area contributed by atoms with Crippen molar-refractivity contribution in [2.75, 3.05) is 6.61 Å². The van der Waals surface area contributed by atoms with Crippen molar-refractivity contribution in [1.29, 1.82) is 0 Å². The molecule has 0 bridgehead atoms. The molecule has 0 aromatic heterocycles. The SMILES string of the molecule is C=CCOc1cccc(/C=C2\SC(=O)N(Cc3ccccc3)C2=O)c1. The Hall–Kier alpha value is -2.79. The maximum atomic E-state index is 12.6. The van der Waals surface area contributed by atoms with Gasteiger partial charge in [-0.15, -0.1) is 0 Å². The van der Waals surface area contributed by atoms with Gasteiger partial charge in [0, 0.05) is 0 Å². The van der Waals surface area contributed by atoms with Crippen LogP contribution in [-0.4, -0.2) is 22.7 Å². The predicted octanol–water partition coefficient (Wildman–Crippen LogP) is 4.49. The molecule has 0 spiro atoms. The summed E-state index contributed by atoms with van der Waals surface area (Å²) in [5.74, 6) is 0.424. The van der Waals surface area contributed by atoms with Crippen molar-refractivity contribution in [2.24, 2.45) is 0 Å². The molecule has 0 radical (unpaired) electrons. The Balaban J connectivity index is 1.77. The van der Waals surface area contributed by atoms with Crippen LogP contribution in [0.25, 0.3) is 6.08 Å². The summed E-state index contributed by atoms with van der Waals surface area (Å²) in [7, 11) is 0. The second kappa shape index (κ2) is 7.85. The lowest BCUT2D eigenvalue weighted by Gasteiger charge is -2.12. The lowest BCUT2D eigenvalue weighted by Crippen LogP contribution is -2.27. The number of carbonyl (C=O) groups excluding carboxylic acids is 2. The van der Waals surface area contributed by atoms with E-state index in [0.29, 0.717) is 17.3 Å². The molecule has 126 valence electrons. The fraction of sp³-hybridized carbons (Fsp3) is 0.100. The van der Waals surface area contributed by atoms with Crippen LogP contribution in [0.5, 0.6) is 5.75 Å². The van der Waals surface area contributed by atoms with Gasteiger partial charge in [-0.3, -0.25) is 14.5 Å². The summed E-state index contributed by atoms with van der Waals surface area (Å²) in [6, 6.07) is 16.8. The van der Waals surface area contributed by atoms with Gasteiger partial charge in [0.05, 0.1) is 11.4 Å². The van der Waals surface area contributed by atoms with E-state index in [0.717, 1.165) is 22.9 Å². The number of nitrogens with zero attached hydrogens (tertiary/aromatic N) is 1. The molecule has 1 aliphatic rings. The second-order valence-electron chi connectivity index (χ2n) is 5.43. The quantitative estimate of drug-likeness (QED) is 0.568. The number of hydrogen-bond donors (Lipinski definition) is 0. The third kappa shape index (κ3) is 4.19. The van der Waals surface area contributed by atoms with Gasteiger partial charge in [-0.25, -0.2) is 0 Å². The van der Waals surface area contributed by atoms with E-state index < -0.39 is 0 Å². The van der Waals surface area contributed by atoms with E-state index in [9.17, 15) is 9.59 Å². The van der Waals surface area contributed by atoms with E-state index >= 15 is 0 Å². The van der Waals surface area contributed by atoms with Crippen LogP contribution in [0.4, 0.5) is 4.79 Å². The number of ether oxygens (including phenoxy) is 1. The zero-order valence-corrected chi connectivity index (χ0v) is 14.4. The topological polar surface area (TPSA) is 46.6 Å². The van der Waals surface area contributed by atoms with E-state index in [4.69, 9.17) is 4.74 Å². The van der Waals surface area contributed by atoms with Crippen LogP contribution in [0.2, 0.25) is 0 Å². The Kier molecular flexibility index (Phi) is 5.36. The monoisotopic (exact) mass is 351 g/mol. The van der Waals surface area contributed by atoms with Crippen LogP contribution >= 0.6 is 11.8 Å². The average Bonchev–Trinajstić information content (AvgIpc) is 2.89. The number of thioether (sulfide) groups is 1. The molecule has 0 N–H and O–H groups in total. The highest BCUT2D eigenvalue weighted by Gasteiger charge is 2.34. The van der Waals surface area contributed by atoms with Gasteiger partial charge in [0.25, 0.3) is 11.1 Å². The van der Waals surface area contributed by atoms with Gasteiger partial charge in [-0.1, -0.05) is 55.1 Å². The lowest BCUT2D eigenvalue weighted by molar-refractivity contribution is -0.123. The first kappa shape index (κ1) is 17.0. The predicted molar refractivity (Wildman–Crippen MR) is 100 cm³/mol. The molecule has 1 fully saturated rings. The summed E-state index contributed by atoms with van der Waals surface area (Å²) < 4.78 is 5.49. The van der Waals surface area contributed by atoms with E-state index in [1.54, 1.807) is 12.2 Å². The van der Waals surface area contributed by atoms with Crippen LogP contribution in [0, 0.1) is 0 Å². The summed E-state index contributed by atoms with van der Waals surface area (Å²) in [5.41, 5.74) is 1.73. The summed E-state index contributed by atoms with van der Waals surface area (Å²) >= 11 is 0.961. The normalized spacial score (nSPS) is 15.7. The van der Waals surface area contributed by atoms with Crippen molar-refractivity contribution < 1.29 is 14.3 Å². The molecule has 2 amide bonds. The number of benzene rings is 2. The fourth-order valence-electron chi connectivity index (χ4n) is 2.40. The van der Waals surface area contributed by atoms with Crippen LogP contribution < -0.4 is 4.74 Å². The van der Waals surface area contributed by atoms with Gasteiger partial charge in [0.1, 0.15) is 12.4 Å². The van der Waals surface area contributed by atoms with Gasteiger partial charge in [0.2, 0.25) is 0 Å². The number of rotatable bonds is 6. The van der Waals surface area contributed by atoms with Crippen LogP contribution in [0.15, 0.2) is 72.2 Å². The van der Waals surface area contributed by atoms with Crippen molar-refractivity contribution in [2.45, 2.75) is 6.54 Å². The second-order valence-corrected chi connectivity index (χ2v) is 6.42.